The molecule has 5 heteroatoms. The predicted molar refractivity (Wildman–Crippen MR) is 64.0 cm³/mol. The topological polar surface area (TPSA) is 73.8 Å². The Bertz CT molecular complexity index is 631. The molecule has 0 radical (unpaired) electrons. The van der Waals surface area contributed by atoms with E-state index in [9.17, 15) is 9.59 Å². The molecule has 0 spiro atoms. The van der Waals surface area contributed by atoms with Gasteiger partial charge in [-0.15, -0.1) is 0 Å². The molecule has 17 heavy (non-hydrogen) atoms. The van der Waals surface area contributed by atoms with Crippen LogP contribution >= 0.6 is 0 Å². The third-order valence-corrected chi connectivity index (χ3v) is 2.40. The van der Waals surface area contributed by atoms with E-state index < -0.39 is 5.97 Å². The first-order valence-corrected chi connectivity index (χ1v) is 5.22. The number of aromatic nitrogens is 1. The molecule has 2 aromatic heterocycles. The minimum absolute atomic E-state index is 0.0248. The van der Waals surface area contributed by atoms with Crippen LogP contribution in [0.25, 0.3) is 5.52 Å². The highest BCUT2D eigenvalue weighted by molar-refractivity contribution is 5.97. The monoisotopic (exact) mass is 232 g/mol. The zero-order chi connectivity index (χ0) is 12.4. The van der Waals surface area contributed by atoms with Gasteiger partial charge in [0.2, 0.25) is 0 Å². The van der Waals surface area contributed by atoms with Gasteiger partial charge in [0.15, 0.2) is 0 Å². The Hall–Kier alpha value is -2.30. The van der Waals surface area contributed by atoms with Crippen LogP contribution < -0.4 is 11.3 Å². The minimum atomic E-state index is -0.483. The van der Waals surface area contributed by atoms with Crippen molar-refractivity contribution in [2.45, 2.75) is 6.92 Å². The van der Waals surface area contributed by atoms with Crippen molar-refractivity contribution in [3.8, 4) is 0 Å². The summed E-state index contributed by atoms with van der Waals surface area (Å²) >= 11 is 0. The third-order valence-electron chi connectivity index (χ3n) is 2.40. The van der Waals surface area contributed by atoms with Gasteiger partial charge in [-0.1, -0.05) is 6.07 Å². The summed E-state index contributed by atoms with van der Waals surface area (Å²) in [5, 5.41) is 0. The quantitative estimate of drug-likeness (QED) is 0.785. The van der Waals surface area contributed by atoms with Crippen LogP contribution in [0.1, 0.15) is 17.3 Å². The average molecular weight is 232 g/mol. The highest BCUT2D eigenvalue weighted by Gasteiger charge is 2.14. The second-order valence-electron chi connectivity index (χ2n) is 3.49. The van der Waals surface area contributed by atoms with Gasteiger partial charge in [0.1, 0.15) is 0 Å². The van der Waals surface area contributed by atoms with Crippen molar-refractivity contribution < 1.29 is 9.53 Å². The van der Waals surface area contributed by atoms with Gasteiger partial charge in [-0.25, -0.2) is 4.79 Å². The summed E-state index contributed by atoms with van der Waals surface area (Å²) in [5.41, 5.74) is 6.05. The van der Waals surface area contributed by atoms with Crippen molar-refractivity contribution in [2.24, 2.45) is 0 Å². The summed E-state index contributed by atoms with van der Waals surface area (Å²) in [5.74, 6) is -0.483. The normalized spacial score (nSPS) is 10.4. The van der Waals surface area contributed by atoms with Gasteiger partial charge in [0.25, 0.3) is 5.56 Å². The van der Waals surface area contributed by atoms with E-state index in [-0.39, 0.29) is 17.9 Å². The molecule has 2 N–H and O–H groups in total. The first-order chi connectivity index (χ1) is 8.15. The number of rotatable bonds is 2. The van der Waals surface area contributed by atoms with Crippen LogP contribution in [0.5, 0.6) is 0 Å². The van der Waals surface area contributed by atoms with E-state index in [1.807, 2.05) is 0 Å². The summed E-state index contributed by atoms with van der Waals surface area (Å²) in [4.78, 5) is 23.5. The zero-order valence-corrected chi connectivity index (χ0v) is 9.34. The van der Waals surface area contributed by atoms with Gasteiger partial charge < -0.3 is 10.5 Å². The van der Waals surface area contributed by atoms with Crippen LogP contribution in [0, 0.1) is 0 Å². The first-order valence-electron chi connectivity index (χ1n) is 5.22. The maximum Gasteiger partial charge on any atom is 0.340 e. The molecule has 0 aromatic carbocycles. The van der Waals surface area contributed by atoms with E-state index in [0.717, 1.165) is 0 Å². The number of pyridine rings is 2. The molecule has 2 heterocycles. The molecule has 2 rings (SSSR count). The van der Waals surface area contributed by atoms with E-state index >= 15 is 0 Å². The summed E-state index contributed by atoms with van der Waals surface area (Å²) in [6.45, 7) is 2.00. The molecule has 0 amide bonds. The predicted octanol–water partition coefficient (Wildman–Crippen LogP) is 1.06. The Morgan fingerprint density at radius 1 is 1.47 bits per heavy atom. The van der Waals surface area contributed by atoms with Crippen molar-refractivity contribution in [1.82, 2.24) is 4.40 Å². The second-order valence-corrected chi connectivity index (χ2v) is 3.49. The van der Waals surface area contributed by atoms with Gasteiger partial charge in [0, 0.05) is 6.20 Å². The van der Waals surface area contributed by atoms with Gasteiger partial charge in [-0.05, 0) is 25.1 Å². The number of ether oxygens (including phenoxy) is 1. The van der Waals surface area contributed by atoms with E-state index in [0.29, 0.717) is 11.1 Å². The van der Waals surface area contributed by atoms with Gasteiger partial charge in [-0.3, -0.25) is 9.20 Å². The molecule has 0 saturated carbocycles. The summed E-state index contributed by atoms with van der Waals surface area (Å²) in [7, 11) is 0. The molecule has 2 aromatic rings. The van der Waals surface area contributed by atoms with Gasteiger partial charge >= 0.3 is 5.97 Å². The first kappa shape index (κ1) is 11.2. The minimum Gasteiger partial charge on any atom is -0.462 e. The molecule has 0 unspecified atom stereocenters. The van der Waals surface area contributed by atoms with Crippen LogP contribution in [0.4, 0.5) is 5.69 Å². The van der Waals surface area contributed by atoms with Crippen molar-refractivity contribution >= 4 is 17.2 Å². The van der Waals surface area contributed by atoms with E-state index in [4.69, 9.17) is 10.5 Å². The summed E-state index contributed by atoms with van der Waals surface area (Å²) < 4.78 is 6.26. The summed E-state index contributed by atoms with van der Waals surface area (Å²) in [6.07, 6.45) is 1.57. The maximum absolute atomic E-state index is 11.7. The summed E-state index contributed by atoms with van der Waals surface area (Å²) in [6, 6.07) is 6.47. The van der Waals surface area contributed by atoms with E-state index in [2.05, 4.69) is 0 Å². The molecular formula is C12H12N2O3. The lowest BCUT2D eigenvalue weighted by Crippen LogP contribution is -2.20. The Kier molecular flexibility index (Phi) is 2.82. The van der Waals surface area contributed by atoms with Crippen LogP contribution in [0.15, 0.2) is 35.3 Å². The molecule has 0 aliphatic rings. The fourth-order valence-electron chi connectivity index (χ4n) is 1.64. The SMILES string of the molecule is CCOC(=O)c1cc(N)c(=O)n2ccccc12. The Morgan fingerprint density at radius 2 is 2.24 bits per heavy atom. The largest absolute Gasteiger partial charge is 0.462 e. The molecule has 5 nitrogen and oxygen atoms in total. The average Bonchev–Trinajstić information content (AvgIpc) is 2.34. The highest BCUT2D eigenvalue weighted by atomic mass is 16.5. The van der Waals surface area contributed by atoms with Crippen LogP contribution in [-0.4, -0.2) is 17.0 Å². The lowest BCUT2D eigenvalue weighted by molar-refractivity contribution is 0.0528. The van der Waals surface area contributed by atoms with E-state index in [1.165, 1.54) is 10.5 Å². The van der Waals surface area contributed by atoms with Crippen LogP contribution in [0.2, 0.25) is 0 Å². The molecular weight excluding hydrogens is 220 g/mol. The van der Waals surface area contributed by atoms with Crippen molar-refractivity contribution in [1.29, 1.82) is 0 Å². The number of hydrogen-bond acceptors (Lipinski definition) is 4. The smallest absolute Gasteiger partial charge is 0.340 e. The molecule has 0 atom stereocenters. The fourth-order valence-corrected chi connectivity index (χ4v) is 1.64. The van der Waals surface area contributed by atoms with Crippen molar-refractivity contribution in [2.75, 3.05) is 12.3 Å². The number of carbonyl (C=O) groups excluding carboxylic acids is 1. The van der Waals surface area contributed by atoms with Crippen molar-refractivity contribution in [3.63, 3.8) is 0 Å². The van der Waals surface area contributed by atoms with Crippen LogP contribution in [-0.2, 0) is 4.74 Å². The molecule has 0 aliphatic carbocycles. The molecule has 0 saturated heterocycles. The number of anilines is 1. The Labute approximate surface area is 97.4 Å². The highest BCUT2D eigenvalue weighted by Crippen LogP contribution is 2.12. The molecule has 88 valence electrons. The standard InChI is InChI=1S/C12H12N2O3/c1-2-17-12(16)8-7-9(13)11(15)14-6-4-3-5-10(8)14/h3-7H,2,13H2,1H3. The zero-order valence-electron chi connectivity index (χ0n) is 9.34. The Morgan fingerprint density at radius 3 is 2.94 bits per heavy atom. The number of nitrogens with two attached hydrogens (primary N) is 1. The second kappa shape index (κ2) is 4.29. The molecule has 0 aliphatic heterocycles. The number of hydrogen-bond donors (Lipinski definition) is 1. The number of nitrogens with zero attached hydrogens (tertiary/aromatic N) is 1. The number of nitrogen functional groups attached to an aromatic ring is 1. The number of fused-ring (bicyclic) bond motifs is 1. The number of esters is 1. The van der Waals surface area contributed by atoms with Gasteiger partial charge in [0.05, 0.1) is 23.4 Å². The number of carbonyl (C=O) groups is 1. The lowest BCUT2D eigenvalue weighted by atomic mass is 10.2. The van der Waals surface area contributed by atoms with Crippen molar-refractivity contribution in [3.05, 3.63) is 46.4 Å². The Balaban J connectivity index is 2.76. The lowest BCUT2D eigenvalue weighted by Gasteiger charge is -2.08. The van der Waals surface area contributed by atoms with Gasteiger partial charge in [-0.2, -0.15) is 0 Å². The molecule has 0 bridgehead atoms. The molecule has 0 fully saturated rings. The maximum atomic E-state index is 11.7. The fraction of sp³-hybridized carbons (Fsp3) is 0.167. The van der Waals surface area contributed by atoms with Crippen LogP contribution in [0.3, 0.4) is 0 Å². The van der Waals surface area contributed by atoms with E-state index in [1.54, 1.807) is 31.3 Å². The third kappa shape index (κ3) is 1.87.